The Hall–Kier alpha value is 1.24. The van der Waals surface area contributed by atoms with Crippen molar-refractivity contribution >= 4 is 28.3 Å². The second-order valence-electron chi connectivity index (χ2n) is 0.752. The second kappa shape index (κ2) is 7.24. The second-order valence-corrected chi connectivity index (χ2v) is 2.76. The van der Waals surface area contributed by atoms with E-state index < -0.39 is 0 Å². The molecule has 0 saturated carbocycles. The van der Waals surface area contributed by atoms with Gasteiger partial charge in [0.15, 0.2) is 0 Å². The van der Waals surface area contributed by atoms with Crippen LogP contribution in [-0.4, -0.2) is 10.1 Å². The van der Waals surface area contributed by atoms with E-state index in [-0.39, 0.29) is 31.0 Å². The van der Waals surface area contributed by atoms with Gasteiger partial charge in [-0.25, -0.2) is 0 Å². The average Bonchev–Trinajstić information content (AvgIpc) is 1.35. The van der Waals surface area contributed by atoms with Crippen molar-refractivity contribution in [1.29, 1.82) is 0 Å². The van der Waals surface area contributed by atoms with Crippen LogP contribution in [0.4, 0.5) is 0 Å². The van der Waals surface area contributed by atoms with Gasteiger partial charge in [-0.2, -0.15) is 0 Å². The van der Waals surface area contributed by atoms with Crippen LogP contribution in [0.2, 0.25) is 0 Å². The standard InChI is InChI=1S/C3H7NS2.Na.H/c1-2-6-3(4)5;;/h2H2,1H3,(H2,4,5);;/q;+1;-1. The fourth-order valence-electron chi connectivity index (χ4n) is 0.142. The van der Waals surface area contributed by atoms with Gasteiger partial charge in [-0.1, -0.05) is 30.9 Å². The van der Waals surface area contributed by atoms with Crippen LogP contribution in [-0.2, 0) is 0 Å². The van der Waals surface area contributed by atoms with Crippen LogP contribution in [0.3, 0.4) is 0 Å². The molecule has 0 radical (unpaired) electrons. The normalized spacial score (nSPS) is 7.00. The van der Waals surface area contributed by atoms with Crippen LogP contribution in [0.25, 0.3) is 0 Å². The van der Waals surface area contributed by atoms with Crippen molar-refractivity contribution in [2.24, 2.45) is 5.73 Å². The molecule has 0 atom stereocenters. The number of rotatable bonds is 1. The molecule has 0 aliphatic heterocycles. The van der Waals surface area contributed by atoms with E-state index in [1.807, 2.05) is 6.92 Å². The summed E-state index contributed by atoms with van der Waals surface area (Å²) in [5.74, 6) is 0.981. The molecule has 0 aliphatic rings. The average molecular weight is 145 g/mol. The predicted molar refractivity (Wildman–Crippen MR) is 36.0 cm³/mol. The predicted octanol–water partition coefficient (Wildman–Crippen LogP) is -1.90. The van der Waals surface area contributed by atoms with Crippen molar-refractivity contribution in [1.82, 2.24) is 0 Å². The molecule has 4 heteroatoms. The first kappa shape index (κ1) is 11.1. The first-order valence-corrected chi connectivity index (χ1v) is 3.09. The molecule has 7 heavy (non-hydrogen) atoms. The van der Waals surface area contributed by atoms with Gasteiger partial charge in [0, 0.05) is 0 Å². The van der Waals surface area contributed by atoms with Gasteiger partial charge < -0.3 is 7.16 Å². The molecule has 0 aromatic carbocycles. The van der Waals surface area contributed by atoms with Crippen molar-refractivity contribution in [3.8, 4) is 0 Å². The Kier molecular flexibility index (Phi) is 11.5. The first-order chi connectivity index (χ1) is 2.77. The van der Waals surface area contributed by atoms with Crippen molar-refractivity contribution in [3.63, 3.8) is 0 Å². The van der Waals surface area contributed by atoms with Crippen LogP contribution in [0, 0.1) is 0 Å². The summed E-state index contributed by atoms with van der Waals surface area (Å²) in [6.45, 7) is 2.02. The van der Waals surface area contributed by atoms with Gasteiger partial charge in [0.25, 0.3) is 0 Å². The van der Waals surface area contributed by atoms with Gasteiger partial charge in [-0.15, -0.1) is 0 Å². The van der Waals surface area contributed by atoms with Crippen molar-refractivity contribution in [2.45, 2.75) is 6.92 Å². The molecule has 38 valence electrons. The SMILES string of the molecule is CCSC(N)=S.[H-].[Na+]. The summed E-state index contributed by atoms with van der Waals surface area (Å²) in [5, 5.41) is 0. The third-order valence-electron chi connectivity index (χ3n) is 0.287. The first-order valence-electron chi connectivity index (χ1n) is 1.69. The fourth-order valence-corrected chi connectivity index (χ4v) is 0.780. The van der Waals surface area contributed by atoms with Crippen molar-refractivity contribution in [2.75, 3.05) is 5.75 Å². The van der Waals surface area contributed by atoms with Crippen LogP contribution in [0.15, 0.2) is 0 Å². The molecule has 0 unspecified atom stereocenters. The van der Waals surface area contributed by atoms with E-state index in [1.54, 1.807) is 0 Å². The zero-order valence-corrected chi connectivity index (χ0v) is 8.23. The molecule has 0 rings (SSSR count). The Morgan fingerprint density at radius 2 is 2.43 bits per heavy atom. The monoisotopic (exact) mass is 145 g/mol. The van der Waals surface area contributed by atoms with Gasteiger partial charge in [0.2, 0.25) is 0 Å². The third-order valence-corrected chi connectivity index (χ3v) is 1.21. The van der Waals surface area contributed by atoms with E-state index in [2.05, 4.69) is 12.2 Å². The van der Waals surface area contributed by atoms with E-state index in [4.69, 9.17) is 5.73 Å². The number of thioether (sulfide) groups is 1. The molecule has 0 aromatic rings. The molecule has 0 saturated heterocycles. The van der Waals surface area contributed by atoms with Crippen LogP contribution in [0.1, 0.15) is 8.35 Å². The number of nitrogens with two attached hydrogens (primary N) is 1. The van der Waals surface area contributed by atoms with E-state index in [1.165, 1.54) is 11.8 Å². The third kappa shape index (κ3) is 11.1. The van der Waals surface area contributed by atoms with Gasteiger partial charge in [-0.05, 0) is 5.75 Å². The molecule has 0 fully saturated rings. The Balaban J connectivity index is -0.000000125. The zero-order chi connectivity index (χ0) is 4.99. The van der Waals surface area contributed by atoms with Gasteiger partial charge in [-0.3, -0.25) is 0 Å². The van der Waals surface area contributed by atoms with Crippen molar-refractivity contribution < 1.29 is 31.0 Å². The number of hydrogen-bond donors (Lipinski definition) is 1. The maximum absolute atomic E-state index is 5.10. The maximum atomic E-state index is 5.10. The van der Waals surface area contributed by atoms with Crippen LogP contribution < -0.4 is 35.3 Å². The molecular weight excluding hydrogens is 137 g/mol. The molecule has 0 aromatic heterocycles. The van der Waals surface area contributed by atoms with Gasteiger partial charge in [0.1, 0.15) is 4.32 Å². The smallest absolute Gasteiger partial charge is 1.00 e. The Morgan fingerprint density at radius 3 is 2.43 bits per heavy atom. The summed E-state index contributed by atoms with van der Waals surface area (Å²) >= 11 is 6.03. The molecule has 0 bridgehead atoms. The quantitative estimate of drug-likeness (QED) is 0.345. The molecule has 0 amide bonds. The number of thiocarbonyl (C=S) groups is 1. The minimum absolute atomic E-state index is 0. The Morgan fingerprint density at radius 1 is 2.00 bits per heavy atom. The zero-order valence-electron chi connectivity index (χ0n) is 5.60. The summed E-state index contributed by atoms with van der Waals surface area (Å²) in [4.78, 5) is 0. The van der Waals surface area contributed by atoms with Crippen LogP contribution >= 0.6 is 24.0 Å². The summed E-state index contributed by atoms with van der Waals surface area (Å²) in [6, 6.07) is 0. The Labute approximate surface area is 77.2 Å². The topological polar surface area (TPSA) is 26.0 Å². The summed E-state index contributed by atoms with van der Waals surface area (Å²) in [5.41, 5.74) is 5.10. The molecular formula is C3H8NNaS2. The largest absolute Gasteiger partial charge is 1.00 e. The molecule has 0 spiro atoms. The summed E-state index contributed by atoms with van der Waals surface area (Å²) in [6.07, 6.45) is 0. The summed E-state index contributed by atoms with van der Waals surface area (Å²) in [7, 11) is 0. The molecule has 2 N–H and O–H groups in total. The minimum atomic E-state index is 0. The molecule has 0 aliphatic carbocycles. The van der Waals surface area contributed by atoms with E-state index in [0.717, 1.165) is 5.75 Å². The van der Waals surface area contributed by atoms with E-state index in [9.17, 15) is 0 Å². The fraction of sp³-hybridized carbons (Fsp3) is 0.667. The van der Waals surface area contributed by atoms with Gasteiger partial charge >= 0.3 is 29.6 Å². The maximum Gasteiger partial charge on any atom is 1.00 e. The van der Waals surface area contributed by atoms with Crippen LogP contribution in [0.5, 0.6) is 0 Å². The molecule has 0 heterocycles. The van der Waals surface area contributed by atoms with Gasteiger partial charge in [0.05, 0.1) is 0 Å². The van der Waals surface area contributed by atoms with E-state index in [0.29, 0.717) is 4.32 Å². The number of hydrogen-bond acceptors (Lipinski definition) is 2. The van der Waals surface area contributed by atoms with E-state index >= 15 is 0 Å². The minimum Gasteiger partial charge on any atom is -1.00 e. The molecule has 1 nitrogen and oxygen atoms in total. The van der Waals surface area contributed by atoms with Crippen molar-refractivity contribution in [3.05, 3.63) is 0 Å². The Bertz CT molecular complexity index is 61.2. The summed E-state index contributed by atoms with van der Waals surface area (Å²) < 4.78 is 0.539.